The van der Waals surface area contributed by atoms with Crippen LogP contribution in [0.5, 0.6) is 5.75 Å². The van der Waals surface area contributed by atoms with E-state index in [1.807, 2.05) is 0 Å². The lowest BCUT2D eigenvalue weighted by atomic mass is 9.90. The number of aliphatic hydroxyl groups excluding tert-OH is 1. The number of sulfone groups is 1. The molecule has 0 spiro atoms. The van der Waals surface area contributed by atoms with Gasteiger partial charge in [0.25, 0.3) is 5.91 Å². The number of ether oxygens (including phenoxy) is 1. The molecule has 0 saturated heterocycles. The van der Waals surface area contributed by atoms with Crippen molar-refractivity contribution in [2.24, 2.45) is 0 Å². The number of nitrogens with zero attached hydrogens (tertiary/aromatic N) is 1. The average molecular weight is 430 g/mol. The molecule has 0 heterocycles. The Hall–Kier alpha value is -2.39. The Balaban J connectivity index is 2.56. The van der Waals surface area contributed by atoms with Crippen molar-refractivity contribution >= 4 is 38.9 Å². The van der Waals surface area contributed by atoms with Gasteiger partial charge in [0, 0.05) is 38.8 Å². The molecule has 8 nitrogen and oxygen atoms in total. The second-order valence-electron chi connectivity index (χ2n) is 6.53. The zero-order valence-electron chi connectivity index (χ0n) is 15.6. The van der Waals surface area contributed by atoms with Gasteiger partial charge in [-0.15, -0.1) is 0 Å². The van der Waals surface area contributed by atoms with Gasteiger partial charge in [-0.1, -0.05) is 11.6 Å². The van der Waals surface area contributed by atoms with E-state index in [0.717, 1.165) is 18.4 Å². The van der Waals surface area contributed by atoms with Gasteiger partial charge in [-0.3, -0.25) is 14.4 Å². The average Bonchev–Trinajstić information content (AvgIpc) is 2.58. The summed E-state index contributed by atoms with van der Waals surface area (Å²) in [5.41, 5.74) is -0.561. The Morgan fingerprint density at radius 1 is 1.25 bits per heavy atom. The van der Waals surface area contributed by atoms with Gasteiger partial charge in [0.1, 0.15) is 16.2 Å². The lowest BCUT2D eigenvalue weighted by molar-refractivity contribution is -0.130. The molecule has 2 rings (SSSR count). The summed E-state index contributed by atoms with van der Waals surface area (Å²) in [4.78, 5) is 37.6. The predicted octanol–water partition coefficient (Wildman–Crippen LogP) is 1.96. The van der Waals surface area contributed by atoms with Crippen molar-refractivity contribution in [1.29, 1.82) is 0 Å². The van der Waals surface area contributed by atoms with Gasteiger partial charge in [-0.25, -0.2) is 8.42 Å². The van der Waals surface area contributed by atoms with Crippen molar-refractivity contribution in [3.05, 3.63) is 34.1 Å². The highest BCUT2D eigenvalue weighted by molar-refractivity contribution is 7.90. The van der Waals surface area contributed by atoms with Crippen LogP contribution in [0.1, 0.15) is 29.6 Å². The van der Waals surface area contributed by atoms with E-state index in [0.29, 0.717) is 6.42 Å². The van der Waals surface area contributed by atoms with Crippen LogP contribution in [-0.2, 0) is 19.4 Å². The highest BCUT2D eigenvalue weighted by Crippen LogP contribution is 2.37. The second-order valence-corrected chi connectivity index (χ2v) is 8.89. The van der Waals surface area contributed by atoms with Gasteiger partial charge in [-0.2, -0.15) is 0 Å². The molecular weight excluding hydrogens is 410 g/mol. The van der Waals surface area contributed by atoms with Crippen LogP contribution < -0.4 is 4.74 Å². The van der Waals surface area contributed by atoms with Crippen LogP contribution in [0.25, 0.3) is 0 Å². The number of halogens is 1. The fourth-order valence-corrected chi connectivity index (χ4v) is 3.80. The Kier molecular flexibility index (Phi) is 6.51. The number of carbonyl (C=O) groups is 3. The highest BCUT2D eigenvalue weighted by Gasteiger charge is 2.31. The third-order valence-electron chi connectivity index (χ3n) is 4.16. The molecule has 0 aromatic heterocycles. The summed E-state index contributed by atoms with van der Waals surface area (Å²) >= 11 is 6.24. The molecule has 0 fully saturated rings. The van der Waals surface area contributed by atoms with Crippen molar-refractivity contribution in [2.75, 3.05) is 27.0 Å². The van der Waals surface area contributed by atoms with E-state index >= 15 is 0 Å². The van der Waals surface area contributed by atoms with E-state index in [9.17, 15) is 27.9 Å². The smallest absolute Gasteiger partial charge is 0.259 e. The van der Waals surface area contributed by atoms with E-state index in [2.05, 4.69) is 0 Å². The Bertz CT molecular complexity index is 980. The molecule has 0 saturated carbocycles. The summed E-state index contributed by atoms with van der Waals surface area (Å²) in [5.74, 6) is -2.46. The molecule has 1 aromatic carbocycles. The maximum atomic E-state index is 12.8. The number of benzene rings is 1. The number of likely N-dealkylation sites (N-methyl/N-ethyl adjacent to an activating group) is 1. The molecule has 0 bridgehead atoms. The molecular formula is C18H20ClNO7S. The third-order valence-corrected chi connectivity index (χ3v) is 5.65. The molecule has 0 atom stereocenters. The monoisotopic (exact) mass is 429 g/mol. The van der Waals surface area contributed by atoms with Crippen LogP contribution in [0.15, 0.2) is 28.4 Å². The molecule has 1 aliphatic carbocycles. The summed E-state index contributed by atoms with van der Waals surface area (Å²) in [6.45, 7) is -0.500. The minimum Gasteiger partial charge on any atom is -0.511 e. The fourth-order valence-electron chi connectivity index (χ4n) is 2.62. The topological polar surface area (TPSA) is 118 Å². The van der Waals surface area contributed by atoms with E-state index < -0.39 is 33.9 Å². The lowest BCUT2D eigenvalue weighted by Gasteiger charge is -2.18. The number of Topliss-reactive ketones (excluding diaryl/α,β-unsaturated/α-hetero) is 2. The molecule has 1 amide bonds. The first-order valence-corrected chi connectivity index (χ1v) is 10.6. The summed E-state index contributed by atoms with van der Waals surface area (Å²) in [5, 5.41) is 9.62. The van der Waals surface area contributed by atoms with Crippen molar-refractivity contribution in [1.82, 2.24) is 4.90 Å². The van der Waals surface area contributed by atoms with Crippen LogP contribution in [0.3, 0.4) is 0 Å². The first kappa shape index (κ1) is 21.9. The number of hydrogen-bond acceptors (Lipinski definition) is 7. The zero-order chi connectivity index (χ0) is 21.2. The van der Waals surface area contributed by atoms with E-state index in [-0.39, 0.29) is 45.4 Å². The second kappa shape index (κ2) is 8.32. The van der Waals surface area contributed by atoms with Crippen LogP contribution in [0.4, 0.5) is 0 Å². The van der Waals surface area contributed by atoms with Crippen molar-refractivity contribution < 1.29 is 32.6 Å². The standard InChI is InChI=1S/C18H20ClNO7S/c1-20(2)14(23)9-27-18-13(28(3,25)26)8-7-10(16(18)19)17(24)15-11(21)5-4-6-12(15)22/h7-8,21H,4-6,9H2,1-3H3. The molecule has 0 aliphatic heterocycles. The van der Waals surface area contributed by atoms with Gasteiger partial charge in [0.05, 0.1) is 5.02 Å². The first-order chi connectivity index (χ1) is 12.9. The van der Waals surface area contributed by atoms with Crippen molar-refractivity contribution in [2.45, 2.75) is 24.2 Å². The maximum absolute atomic E-state index is 12.8. The largest absolute Gasteiger partial charge is 0.511 e. The number of amides is 1. The van der Waals surface area contributed by atoms with Gasteiger partial charge < -0.3 is 14.7 Å². The van der Waals surface area contributed by atoms with Crippen LogP contribution in [-0.4, -0.2) is 62.9 Å². The SMILES string of the molecule is CN(C)C(=O)COc1c(S(C)(=O)=O)ccc(C(=O)C2=C(O)CCCC2=O)c1Cl. The van der Waals surface area contributed by atoms with Crippen LogP contribution in [0, 0.1) is 0 Å². The molecule has 1 aliphatic rings. The van der Waals surface area contributed by atoms with Gasteiger partial charge in [0.15, 0.2) is 28.0 Å². The van der Waals surface area contributed by atoms with Crippen LogP contribution >= 0.6 is 11.6 Å². The number of carbonyl (C=O) groups excluding carboxylic acids is 3. The number of rotatable bonds is 6. The summed E-state index contributed by atoms with van der Waals surface area (Å²) in [6, 6.07) is 2.28. The van der Waals surface area contributed by atoms with E-state index in [4.69, 9.17) is 16.3 Å². The Morgan fingerprint density at radius 2 is 1.89 bits per heavy atom. The predicted molar refractivity (Wildman–Crippen MR) is 102 cm³/mol. The molecule has 152 valence electrons. The minimum atomic E-state index is -3.79. The van der Waals surface area contributed by atoms with Gasteiger partial charge >= 0.3 is 0 Å². The molecule has 10 heteroatoms. The van der Waals surface area contributed by atoms with Gasteiger partial charge in [-0.05, 0) is 18.6 Å². The normalized spacial score (nSPS) is 14.8. The van der Waals surface area contributed by atoms with Crippen molar-refractivity contribution in [3.8, 4) is 5.75 Å². The quantitative estimate of drug-likeness (QED) is 0.542. The number of allylic oxidation sites excluding steroid dienone is 2. The number of hydrogen-bond donors (Lipinski definition) is 1. The first-order valence-electron chi connectivity index (χ1n) is 8.30. The molecule has 0 unspecified atom stereocenters. The highest BCUT2D eigenvalue weighted by atomic mass is 35.5. The zero-order valence-corrected chi connectivity index (χ0v) is 17.2. The fraction of sp³-hybridized carbons (Fsp3) is 0.389. The van der Waals surface area contributed by atoms with Gasteiger partial charge in [0.2, 0.25) is 5.78 Å². The third kappa shape index (κ3) is 4.53. The number of aliphatic hydroxyl groups is 1. The molecule has 1 aromatic rings. The summed E-state index contributed by atoms with van der Waals surface area (Å²) in [7, 11) is -0.798. The molecule has 0 radical (unpaired) electrons. The molecule has 1 N–H and O–H groups in total. The Labute approximate surface area is 167 Å². The summed E-state index contributed by atoms with van der Waals surface area (Å²) < 4.78 is 29.4. The Morgan fingerprint density at radius 3 is 2.43 bits per heavy atom. The maximum Gasteiger partial charge on any atom is 0.259 e. The lowest BCUT2D eigenvalue weighted by Crippen LogP contribution is -2.28. The van der Waals surface area contributed by atoms with E-state index in [1.165, 1.54) is 19.0 Å². The molecule has 28 heavy (non-hydrogen) atoms. The van der Waals surface area contributed by atoms with Crippen LogP contribution in [0.2, 0.25) is 5.02 Å². The van der Waals surface area contributed by atoms with Crippen molar-refractivity contribution in [3.63, 3.8) is 0 Å². The minimum absolute atomic E-state index is 0.116. The summed E-state index contributed by atoms with van der Waals surface area (Å²) in [6.07, 6.45) is 1.67. The van der Waals surface area contributed by atoms with E-state index in [1.54, 1.807) is 0 Å². The number of ketones is 2.